The van der Waals surface area contributed by atoms with Crippen molar-refractivity contribution in [3.8, 4) is 5.82 Å². The van der Waals surface area contributed by atoms with Gasteiger partial charge in [0.25, 0.3) is 5.91 Å². The number of fused-ring (bicyclic) bond motifs is 1. The number of carbonyl (C=O) groups excluding carboxylic acids is 1. The van der Waals surface area contributed by atoms with Crippen molar-refractivity contribution in [2.24, 2.45) is 7.05 Å². The Balaban J connectivity index is 1.63. The van der Waals surface area contributed by atoms with E-state index in [0.717, 1.165) is 47.7 Å². The third kappa shape index (κ3) is 2.69. The minimum atomic E-state index is -0.0727. The van der Waals surface area contributed by atoms with E-state index in [-0.39, 0.29) is 11.9 Å². The number of hydrogen-bond acceptors (Lipinski definition) is 4. The molecule has 1 amide bonds. The Morgan fingerprint density at radius 1 is 1.31 bits per heavy atom. The molecule has 1 aliphatic rings. The smallest absolute Gasteiger partial charge is 0.255 e. The predicted octanol–water partition coefficient (Wildman–Crippen LogP) is 2.43. The molecule has 0 aromatic carbocycles. The van der Waals surface area contributed by atoms with Crippen molar-refractivity contribution < 1.29 is 4.79 Å². The van der Waals surface area contributed by atoms with Crippen LogP contribution in [-0.4, -0.2) is 30.5 Å². The molecule has 0 spiro atoms. The van der Waals surface area contributed by atoms with E-state index in [1.54, 1.807) is 10.9 Å². The van der Waals surface area contributed by atoms with Gasteiger partial charge in [-0.05, 0) is 45.2 Å². The van der Waals surface area contributed by atoms with Gasteiger partial charge < -0.3 is 5.32 Å². The van der Waals surface area contributed by atoms with E-state index in [1.807, 2.05) is 50.0 Å². The summed E-state index contributed by atoms with van der Waals surface area (Å²) in [6.45, 7) is 3.79. The van der Waals surface area contributed by atoms with Crippen molar-refractivity contribution in [3.05, 3.63) is 58.8 Å². The zero-order valence-corrected chi connectivity index (χ0v) is 15.2. The largest absolute Gasteiger partial charge is 0.345 e. The molecule has 0 saturated carbocycles. The molecule has 4 rings (SSSR count). The second kappa shape index (κ2) is 6.40. The van der Waals surface area contributed by atoms with Crippen molar-refractivity contribution in [2.75, 3.05) is 0 Å². The Bertz CT molecular complexity index is 956. The number of aryl methyl sites for hydroxylation is 2. The summed E-state index contributed by atoms with van der Waals surface area (Å²) in [7, 11) is 1.86. The highest BCUT2D eigenvalue weighted by molar-refractivity contribution is 5.96. The molecule has 0 unspecified atom stereocenters. The van der Waals surface area contributed by atoms with Gasteiger partial charge in [0.2, 0.25) is 0 Å². The third-order valence-corrected chi connectivity index (χ3v) is 5.09. The van der Waals surface area contributed by atoms with Gasteiger partial charge in [-0.1, -0.05) is 6.07 Å². The van der Waals surface area contributed by atoms with Crippen molar-refractivity contribution in [3.63, 3.8) is 0 Å². The highest BCUT2D eigenvalue weighted by Gasteiger charge is 2.28. The molecular formula is C19H22N6O. The fraction of sp³-hybridized carbons (Fsp3) is 0.368. The summed E-state index contributed by atoms with van der Waals surface area (Å²) in [6, 6.07) is 5.74. The number of nitrogens with one attached hydrogen (secondary N) is 1. The fourth-order valence-electron chi connectivity index (χ4n) is 3.72. The maximum atomic E-state index is 12.9. The first-order valence-corrected chi connectivity index (χ1v) is 8.85. The average molecular weight is 350 g/mol. The zero-order chi connectivity index (χ0) is 18.3. The number of hydrogen-bond donors (Lipinski definition) is 1. The molecule has 0 fully saturated rings. The van der Waals surface area contributed by atoms with Crippen LogP contribution < -0.4 is 5.32 Å². The molecule has 1 N–H and O–H groups in total. The Hall–Kier alpha value is -2.96. The second-order valence-corrected chi connectivity index (χ2v) is 6.73. The van der Waals surface area contributed by atoms with Gasteiger partial charge >= 0.3 is 0 Å². The zero-order valence-electron chi connectivity index (χ0n) is 15.2. The van der Waals surface area contributed by atoms with Crippen molar-refractivity contribution in [1.29, 1.82) is 0 Å². The highest BCUT2D eigenvalue weighted by atomic mass is 16.1. The van der Waals surface area contributed by atoms with Crippen LogP contribution in [0, 0.1) is 13.8 Å². The van der Waals surface area contributed by atoms with Crippen LogP contribution in [0.2, 0.25) is 0 Å². The lowest BCUT2D eigenvalue weighted by molar-refractivity contribution is 0.0931. The van der Waals surface area contributed by atoms with Gasteiger partial charge in [-0.2, -0.15) is 10.2 Å². The van der Waals surface area contributed by atoms with E-state index in [1.165, 1.54) is 0 Å². The van der Waals surface area contributed by atoms with Gasteiger partial charge in [0, 0.05) is 24.5 Å². The van der Waals surface area contributed by atoms with Crippen LogP contribution in [-0.2, 0) is 13.5 Å². The molecule has 26 heavy (non-hydrogen) atoms. The molecule has 3 aromatic rings. The first kappa shape index (κ1) is 16.5. The SMILES string of the molecule is Cc1nn(C)c(C)c1C(=O)N[C@H]1CCCc2c1cnn2-c1ccccn1. The molecule has 1 aliphatic carbocycles. The van der Waals surface area contributed by atoms with E-state index < -0.39 is 0 Å². The Kier molecular flexibility index (Phi) is 4.06. The molecule has 3 aromatic heterocycles. The van der Waals surface area contributed by atoms with Gasteiger partial charge in [0.1, 0.15) is 0 Å². The molecule has 0 aliphatic heterocycles. The van der Waals surface area contributed by atoms with Crippen LogP contribution in [0.5, 0.6) is 0 Å². The van der Waals surface area contributed by atoms with Crippen molar-refractivity contribution >= 4 is 5.91 Å². The Labute approximate surface area is 152 Å². The summed E-state index contributed by atoms with van der Waals surface area (Å²) in [5.41, 5.74) is 4.49. The molecule has 7 heteroatoms. The molecule has 3 heterocycles. The van der Waals surface area contributed by atoms with Gasteiger partial charge in [0.15, 0.2) is 5.82 Å². The monoisotopic (exact) mass is 350 g/mol. The number of carbonyl (C=O) groups is 1. The number of aromatic nitrogens is 5. The molecule has 7 nitrogen and oxygen atoms in total. The quantitative estimate of drug-likeness (QED) is 0.787. The standard InChI is InChI=1S/C19H22N6O/c1-12-18(13(2)24(3)23-12)19(26)22-15-7-6-8-16-14(15)11-21-25(16)17-9-4-5-10-20-17/h4-5,9-11,15H,6-8H2,1-3H3,(H,22,26)/t15-/m0/s1. The number of rotatable bonds is 3. The minimum Gasteiger partial charge on any atom is -0.345 e. The van der Waals surface area contributed by atoms with Crippen LogP contribution in [0.4, 0.5) is 0 Å². The molecule has 134 valence electrons. The average Bonchev–Trinajstić information content (AvgIpc) is 3.17. The van der Waals surface area contributed by atoms with E-state index in [0.29, 0.717) is 5.56 Å². The van der Waals surface area contributed by atoms with Crippen LogP contribution in [0.25, 0.3) is 5.82 Å². The first-order chi connectivity index (χ1) is 12.6. The van der Waals surface area contributed by atoms with Crippen molar-refractivity contribution in [1.82, 2.24) is 29.9 Å². The highest BCUT2D eigenvalue weighted by Crippen LogP contribution is 2.31. The van der Waals surface area contributed by atoms with Gasteiger partial charge in [-0.3, -0.25) is 9.48 Å². The van der Waals surface area contributed by atoms with Crippen molar-refractivity contribution in [2.45, 2.75) is 39.2 Å². The van der Waals surface area contributed by atoms with Crippen LogP contribution in [0.1, 0.15) is 51.9 Å². The number of nitrogens with zero attached hydrogens (tertiary/aromatic N) is 5. The second-order valence-electron chi connectivity index (χ2n) is 6.73. The van der Waals surface area contributed by atoms with Gasteiger partial charge in [0.05, 0.1) is 29.2 Å². The topological polar surface area (TPSA) is 77.6 Å². The fourth-order valence-corrected chi connectivity index (χ4v) is 3.72. The van der Waals surface area contributed by atoms with Crippen LogP contribution in [0.15, 0.2) is 30.6 Å². The maximum Gasteiger partial charge on any atom is 0.255 e. The summed E-state index contributed by atoms with van der Waals surface area (Å²) >= 11 is 0. The Morgan fingerprint density at radius 2 is 2.15 bits per heavy atom. The van der Waals surface area contributed by atoms with Crippen LogP contribution in [0.3, 0.4) is 0 Å². The van der Waals surface area contributed by atoms with Gasteiger partial charge in [-0.25, -0.2) is 9.67 Å². The van der Waals surface area contributed by atoms with Crippen LogP contribution >= 0.6 is 0 Å². The van der Waals surface area contributed by atoms with Gasteiger partial charge in [-0.15, -0.1) is 0 Å². The minimum absolute atomic E-state index is 0.0391. The third-order valence-electron chi connectivity index (χ3n) is 5.09. The van der Waals surface area contributed by atoms with E-state index >= 15 is 0 Å². The molecule has 0 radical (unpaired) electrons. The summed E-state index contributed by atoms with van der Waals surface area (Å²) in [6.07, 6.45) is 6.46. The molecule has 0 bridgehead atoms. The lowest BCUT2D eigenvalue weighted by Crippen LogP contribution is -2.31. The number of pyridine rings is 1. The molecule has 0 saturated heterocycles. The normalized spacial score (nSPS) is 16.3. The summed E-state index contributed by atoms with van der Waals surface area (Å²) in [5, 5.41) is 12.1. The summed E-state index contributed by atoms with van der Waals surface area (Å²) < 4.78 is 3.63. The van der Waals surface area contributed by atoms with E-state index in [2.05, 4.69) is 20.5 Å². The molecular weight excluding hydrogens is 328 g/mol. The summed E-state index contributed by atoms with van der Waals surface area (Å²) in [5.74, 6) is 0.733. The number of amides is 1. The summed E-state index contributed by atoms with van der Waals surface area (Å²) in [4.78, 5) is 17.2. The predicted molar refractivity (Wildman–Crippen MR) is 97.2 cm³/mol. The first-order valence-electron chi connectivity index (χ1n) is 8.85. The maximum absolute atomic E-state index is 12.9. The lowest BCUT2D eigenvalue weighted by Gasteiger charge is -2.24. The Morgan fingerprint density at radius 3 is 2.85 bits per heavy atom. The lowest BCUT2D eigenvalue weighted by atomic mass is 9.92. The van der Waals surface area contributed by atoms with E-state index in [4.69, 9.17) is 0 Å². The van der Waals surface area contributed by atoms with E-state index in [9.17, 15) is 4.79 Å². The molecule has 1 atom stereocenters.